The molecule has 6 nitrogen and oxygen atoms in total. The Labute approximate surface area is 147 Å². The number of rotatable bonds is 8. The number of hydrogen-bond donors (Lipinski definition) is 1. The summed E-state index contributed by atoms with van der Waals surface area (Å²) in [6, 6.07) is 6.05. The standard InChI is InChI=1S/C19H24N4O2/c1-13(2)4-7-18-22-16-6-5-14(17-11-20-12-25-17)10-15(16)19(23-18)21-8-9-24-3/h5-6,10-13H,4,7-9H2,1-3H3,(H,21,22,23). The number of fused-ring (bicyclic) bond motifs is 1. The minimum atomic E-state index is 0.620. The zero-order chi connectivity index (χ0) is 17.6. The molecule has 2 heterocycles. The van der Waals surface area contributed by atoms with Gasteiger partial charge in [-0.3, -0.25) is 0 Å². The first-order valence-electron chi connectivity index (χ1n) is 8.59. The molecule has 0 fully saturated rings. The number of nitrogens with zero attached hydrogens (tertiary/aromatic N) is 3. The molecule has 0 bridgehead atoms. The van der Waals surface area contributed by atoms with E-state index in [1.54, 1.807) is 13.3 Å². The van der Waals surface area contributed by atoms with Gasteiger partial charge in [-0.25, -0.2) is 15.0 Å². The molecule has 3 rings (SSSR count). The molecule has 0 aliphatic rings. The van der Waals surface area contributed by atoms with Gasteiger partial charge in [0.05, 0.1) is 18.3 Å². The van der Waals surface area contributed by atoms with E-state index < -0.39 is 0 Å². The summed E-state index contributed by atoms with van der Waals surface area (Å²) < 4.78 is 10.5. The first-order valence-corrected chi connectivity index (χ1v) is 8.59. The maximum atomic E-state index is 5.40. The quantitative estimate of drug-likeness (QED) is 0.626. The topological polar surface area (TPSA) is 73.1 Å². The summed E-state index contributed by atoms with van der Waals surface area (Å²) in [5, 5.41) is 4.34. The number of aromatic nitrogens is 3. The highest BCUT2D eigenvalue weighted by atomic mass is 16.5. The Kier molecular flexibility index (Phi) is 5.60. The van der Waals surface area contributed by atoms with Crippen molar-refractivity contribution in [2.24, 2.45) is 5.92 Å². The highest BCUT2D eigenvalue weighted by Gasteiger charge is 2.11. The molecule has 0 unspecified atom stereocenters. The van der Waals surface area contributed by atoms with Crippen LogP contribution in [-0.2, 0) is 11.2 Å². The number of anilines is 1. The fourth-order valence-corrected chi connectivity index (χ4v) is 2.62. The molecule has 1 aromatic carbocycles. The Morgan fingerprint density at radius 2 is 2.12 bits per heavy atom. The van der Waals surface area contributed by atoms with Gasteiger partial charge in [-0.2, -0.15) is 0 Å². The molecule has 132 valence electrons. The molecule has 0 atom stereocenters. The van der Waals surface area contributed by atoms with Gasteiger partial charge >= 0.3 is 0 Å². The van der Waals surface area contributed by atoms with Crippen LogP contribution in [0.3, 0.4) is 0 Å². The first kappa shape index (κ1) is 17.4. The number of nitrogens with one attached hydrogen (secondary N) is 1. The van der Waals surface area contributed by atoms with E-state index in [1.165, 1.54) is 6.39 Å². The molecule has 0 amide bonds. The molecule has 2 aromatic heterocycles. The summed E-state index contributed by atoms with van der Waals surface area (Å²) in [6.07, 6.45) is 5.08. The van der Waals surface area contributed by atoms with Gasteiger partial charge in [0.2, 0.25) is 0 Å². The number of benzene rings is 1. The average Bonchev–Trinajstić information content (AvgIpc) is 3.14. The second-order valence-electron chi connectivity index (χ2n) is 6.44. The number of hydrogen-bond acceptors (Lipinski definition) is 6. The monoisotopic (exact) mass is 340 g/mol. The lowest BCUT2D eigenvalue weighted by atomic mass is 10.1. The molecule has 3 aromatic rings. The maximum absolute atomic E-state index is 5.40. The van der Waals surface area contributed by atoms with Gasteiger partial charge in [-0.05, 0) is 30.5 Å². The molecule has 25 heavy (non-hydrogen) atoms. The van der Waals surface area contributed by atoms with Crippen molar-refractivity contribution in [3.05, 3.63) is 36.6 Å². The summed E-state index contributed by atoms with van der Waals surface area (Å²) in [4.78, 5) is 13.5. The molecule has 1 N–H and O–H groups in total. The third-order valence-electron chi connectivity index (χ3n) is 4.00. The zero-order valence-corrected chi connectivity index (χ0v) is 15.0. The highest BCUT2D eigenvalue weighted by Crippen LogP contribution is 2.27. The van der Waals surface area contributed by atoms with E-state index >= 15 is 0 Å². The molecule has 0 radical (unpaired) electrons. The SMILES string of the molecule is COCCNc1nc(CCC(C)C)nc2ccc(-c3cnco3)cc12. The van der Waals surface area contributed by atoms with Crippen LogP contribution in [0, 0.1) is 5.92 Å². The van der Waals surface area contributed by atoms with Gasteiger partial charge in [0.25, 0.3) is 0 Å². The van der Waals surface area contributed by atoms with Crippen LogP contribution in [0.4, 0.5) is 5.82 Å². The lowest BCUT2D eigenvalue weighted by molar-refractivity contribution is 0.210. The number of oxazole rings is 1. The normalized spacial score (nSPS) is 11.4. The van der Waals surface area contributed by atoms with Gasteiger partial charge in [-0.15, -0.1) is 0 Å². The van der Waals surface area contributed by atoms with Crippen molar-refractivity contribution in [2.75, 3.05) is 25.6 Å². The van der Waals surface area contributed by atoms with E-state index in [9.17, 15) is 0 Å². The summed E-state index contributed by atoms with van der Waals surface area (Å²) in [5.74, 6) is 3.06. The summed E-state index contributed by atoms with van der Waals surface area (Å²) in [5.41, 5.74) is 1.88. The van der Waals surface area contributed by atoms with Crippen molar-refractivity contribution >= 4 is 16.7 Å². The van der Waals surface area contributed by atoms with E-state index in [0.29, 0.717) is 19.1 Å². The molecule has 6 heteroatoms. The minimum Gasteiger partial charge on any atom is -0.444 e. The molecular formula is C19H24N4O2. The second-order valence-corrected chi connectivity index (χ2v) is 6.44. The van der Waals surface area contributed by atoms with Crippen molar-refractivity contribution in [1.82, 2.24) is 15.0 Å². The Bertz CT molecular complexity index is 816. The van der Waals surface area contributed by atoms with E-state index in [-0.39, 0.29) is 0 Å². The Morgan fingerprint density at radius 3 is 2.84 bits per heavy atom. The Balaban J connectivity index is 1.98. The number of aryl methyl sites for hydroxylation is 1. The van der Waals surface area contributed by atoms with Crippen molar-refractivity contribution in [3.63, 3.8) is 0 Å². The van der Waals surface area contributed by atoms with Crippen molar-refractivity contribution in [2.45, 2.75) is 26.7 Å². The van der Waals surface area contributed by atoms with E-state index in [0.717, 1.165) is 46.7 Å². The van der Waals surface area contributed by atoms with Crippen molar-refractivity contribution in [3.8, 4) is 11.3 Å². The second kappa shape index (κ2) is 8.07. The van der Waals surface area contributed by atoms with Gasteiger partial charge in [0, 0.05) is 31.0 Å². The van der Waals surface area contributed by atoms with E-state index in [1.807, 2.05) is 18.2 Å². The fourth-order valence-electron chi connectivity index (χ4n) is 2.62. The molecule has 0 aliphatic heterocycles. The van der Waals surface area contributed by atoms with Crippen LogP contribution in [0.15, 0.2) is 35.2 Å². The number of methoxy groups -OCH3 is 1. The predicted octanol–water partition coefficient (Wildman–Crippen LogP) is 3.93. The first-order chi connectivity index (χ1) is 12.2. The predicted molar refractivity (Wildman–Crippen MR) is 98.6 cm³/mol. The molecule has 0 saturated heterocycles. The Morgan fingerprint density at radius 1 is 1.24 bits per heavy atom. The smallest absolute Gasteiger partial charge is 0.181 e. The van der Waals surface area contributed by atoms with Crippen LogP contribution in [0.5, 0.6) is 0 Å². The van der Waals surface area contributed by atoms with Crippen LogP contribution in [0.1, 0.15) is 26.1 Å². The Hall–Kier alpha value is -2.47. The maximum Gasteiger partial charge on any atom is 0.181 e. The van der Waals surface area contributed by atoms with Crippen LogP contribution in [0.2, 0.25) is 0 Å². The van der Waals surface area contributed by atoms with E-state index in [4.69, 9.17) is 19.1 Å². The van der Waals surface area contributed by atoms with Gasteiger partial charge < -0.3 is 14.5 Å². The fraction of sp³-hybridized carbons (Fsp3) is 0.421. The molecular weight excluding hydrogens is 316 g/mol. The van der Waals surface area contributed by atoms with Crippen LogP contribution < -0.4 is 5.32 Å². The highest BCUT2D eigenvalue weighted by molar-refractivity contribution is 5.92. The third-order valence-corrected chi connectivity index (χ3v) is 4.00. The lowest BCUT2D eigenvalue weighted by Crippen LogP contribution is -2.11. The van der Waals surface area contributed by atoms with Gasteiger partial charge in [0.1, 0.15) is 11.6 Å². The van der Waals surface area contributed by atoms with E-state index in [2.05, 4.69) is 24.1 Å². The zero-order valence-electron chi connectivity index (χ0n) is 15.0. The van der Waals surface area contributed by atoms with Crippen molar-refractivity contribution < 1.29 is 9.15 Å². The summed E-state index contributed by atoms with van der Waals surface area (Å²) >= 11 is 0. The summed E-state index contributed by atoms with van der Waals surface area (Å²) in [6.45, 7) is 5.73. The largest absolute Gasteiger partial charge is 0.444 e. The summed E-state index contributed by atoms with van der Waals surface area (Å²) in [7, 11) is 1.69. The molecule has 0 aliphatic carbocycles. The van der Waals surface area contributed by atoms with Crippen LogP contribution in [0.25, 0.3) is 22.2 Å². The average molecular weight is 340 g/mol. The third kappa shape index (κ3) is 4.33. The molecule has 0 saturated carbocycles. The van der Waals surface area contributed by atoms with Crippen LogP contribution >= 0.6 is 0 Å². The molecule has 0 spiro atoms. The number of ether oxygens (including phenoxy) is 1. The van der Waals surface area contributed by atoms with Crippen LogP contribution in [-0.4, -0.2) is 35.2 Å². The lowest BCUT2D eigenvalue weighted by Gasteiger charge is -2.12. The van der Waals surface area contributed by atoms with Gasteiger partial charge in [0.15, 0.2) is 12.2 Å². The van der Waals surface area contributed by atoms with Gasteiger partial charge in [-0.1, -0.05) is 13.8 Å². The minimum absolute atomic E-state index is 0.620. The van der Waals surface area contributed by atoms with Crippen molar-refractivity contribution in [1.29, 1.82) is 0 Å².